The topological polar surface area (TPSA) is 68.4 Å². The smallest absolute Gasteiger partial charge is 0.317 e. The normalized spacial score (nSPS) is 23.2. The van der Waals surface area contributed by atoms with E-state index in [9.17, 15) is 9.59 Å². The van der Waals surface area contributed by atoms with Gasteiger partial charge in [0.25, 0.3) is 0 Å². The van der Waals surface area contributed by atoms with Crippen LogP contribution in [-0.2, 0) is 11.2 Å². The van der Waals surface area contributed by atoms with Gasteiger partial charge >= 0.3 is 6.03 Å². The zero-order valence-corrected chi connectivity index (χ0v) is 14.5. The number of rotatable bonds is 3. The van der Waals surface area contributed by atoms with Crippen LogP contribution in [0.5, 0.6) is 0 Å². The van der Waals surface area contributed by atoms with Gasteiger partial charge in [-0.05, 0) is 37.0 Å². The molecule has 2 fully saturated rings. The minimum atomic E-state index is -0.0426. The highest BCUT2D eigenvalue weighted by Crippen LogP contribution is 2.30. The van der Waals surface area contributed by atoms with Crippen molar-refractivity contribution in [1.29, 1.82) is 0 Å². The molecule has 2 atom stereocenters. The number of amides is 3. The Kier molecular flexibility index (Phi) is 4.11. The third-order valence-corrected chi connectivity index (χ3v) is 5.55. The van der Waals surface area contributed by atoms with Crippen LogP contribution in [0.25, 0.3) is 10.9 Å². The molecule has 0 radical (unpaired) electrons. The van der Waals surface area contributed by atoms with E-state index in [2.05, 4.69) is 28.5 Å². The Hall–Kier alpha value is -2.50. The number of urea groups is 1. The first-order valence-corrected chi connectivity index (χ1v) is 8.99. The van der Waals surface area contributed by atoms with Crippen LogP contribution in [0.2, 0.25) is 0 Å². The Balaban J connectivity index is 1.37. The number of benzene rings is 1. The summed E-state index contributed by atoms with van der Waals surface area (Å²) >= 11 is 0. The molecule has 0 unspecified atom stereocenters. The van der Waals surface area contributed by atoms with E-state index in [1.165, 1.54) is 10.9 Å². The van der Waals surface area contributed by atoms with Crippen molar-refractivity contribution >= 4 is 22.8 Å². The second-order valence-corrected chi connectivity index (χ2v) is 7.07. The average Bonchev–Trinajstić information content (AvgIpc) is 3.20. The van der Waals surface area contributed by atoms with Crippen LogP contribution in [-0.4, -0.2) is 59.4 Å². The first kappa shape index (κ1) is 16.0. The summed E-state index contributed by atoms with van der Waals surface area (Å²) in [5.41, 5.74) is 2.35. The van der Waals surface area contributed by atoms with E-state index >= 15 is 0 Å². The molecule has 0 aliphatic carbocycles. The summed E-state index contributed by atoms with van der Waals surface area (Å²) < 4.78 is 0. The molecule has 1 aromatic carbocycles. The van der Waals surface area contributed by atoms with Crippen molar-refractivity contribution < 1.29 is 9.59 Å². The van der Waals surface area contributed by atoms with Crippen LogP contribution in [0.3, 0.4) is 0 Å². The van der Waals surface area contributed by atoms with Crippen LogP contribution in [0.1, 0.15) is 18.4 Å². The maximum atomic E-state index is 12.6. The highest BCUT2D eigenvalue weighted by Gasteiger charge is 2.45. The zero-order valence-electron chi connectivity index (χ0n) is 14.5. The summed E-state index contributed by atoms with van der Waals surface area (Å²) in [5.74, 6) is 0.166. The minimum absolute atomic E-state index is 0.0156. The second-order valence-electron chi connectivity index (χ2n) is 7.07. The summed E-state index contributed by atoms with van der Waals surface area (Å²) in [5, 5.41) is 4.25. The van der Waals surface area contributed by atoms with Crippen LogP contribution >= 0.6 is 0 Å². The number of likely N-dealkylation sites (N-methyl/N-ethyl adjacent to an activating group) is 1. The number of likely N-dealkylation sites (tertiary alicyclic amines) is 2. The van der Waals surface area contributed by atoms with Crippen LogP contribution in [0.15, 0.2) is 30.5 Å². The fourth-order valence-corrected chi connectivity index (χ4v) is 4.25. The van der Waals surface area contributed by atoms with E-state index in [-0.39, 0.29) is 23.9 Å². The molecular formula is C19H24N4O2. The van der Waals surface area contributed by atoms with Crippen molar-refractivity contribution in [2.24, 2.45) is 5.92 Å². The van der Waals surface area contributed by atoms with E-state index in [0.717, 1.165) is 31.3 Å². The van der Waals surface area contributed by atoms with E-state index in [0.29, 0.717) is 13.1 Å². The third kappa shape index (κ3) is 2.86. The maximum absolute atomic E-state index is 12.6. The van der Waals surface area contributed by atoms with Gasteiger partial charge in [0.2, 0.25) is 5.91 Å². The molecule has 2 aliphatic heterocycles. The van der Waals surface area contributed by atoms with Gasteiger partial charge in [-0.2, -0.15) is 0 Å². The lowest BCUT2D eigenvalue weighted by molar-refractivity contribution is -0.130. The predicted molar refractivity (Wildman–Crippen MR) is 96.3 cm³/mol. The third-order valence-electron chi connectivity index (χ3n) is 5.55. The standard InChI is InChI=1S/C19H24N4O2/c1-22-12-17-15(18(22)24)5-3-11-23(17)19(25)21-9-7-13-4-2-6-16-14(13)8-10-20-16/h2,4,6,8,10,15,17,20H,3,5,7,9,11-12H2,1H3,(H,21,25)/t15-,17-/m1/s1. The lowest BCUT2D eigenvalue weighted by Gasteiger charge is -2.35. The van der Waals surface area contributed by atoms with Crippen molar-refractivity contribution in [2.45, 2.75) is 25.3 Å². The maximum Gasteiger partial charge on any atom is 0.317 e. The molecule has 6 heteroatoms. The summed E-state index contributed by atoms with van der Waals surface area (Å²) in [7, 11) is 1.83. The first-order valence-electron chi connectivity index (χ1n) is 8.99. The number of piperidine rings is 1. The highest BCUT2D eigenvalue weighted by atomic mass is 16.2. The number of hydrogen-bond acceptors (Lipinski definition) is 2. The minimum Gasteiger partial charge on any atom is -0.361 e. The lowest BCUT2D eigenvalue weighted by atomic mass is 9.92. The van der Waals surface area contributed by atoms with Crippen molar-refractivity contribution in [1.82, 2.24) is 20.1 Å². The van der Waals surface area contributed by atoms with Crippen LogP contribution in [0, 0.1) is 5.92 Å². The Bertz CT molecular complexity index is 800. The molecule has 25 heavy (non-hydrogen) atoms. The molecule has 2 N–H and O–H groups in total. The van der Waals surface area contributed by atoms with Gasteiger partial charge in [0.15, 0.2) is 0 Å². The Morgan fingerprint density at radius 3 is 3.12 bits per heavy atom. The predicted octanol–water partition coefficient (Wildman–Crippen LogP) is 1.97. The molecule has 0 spiro atoms. The molecule has 2 saturated heterocycles. The monoisotopic (exact) mass is 340 g/mol. The average molecular weight is 340 g/mol. The summed E-state index contributed by atoms with van der Waals surface area (Å²) in [4.78, 5) is 31.6. The molecule has 4 rings (SSSR count). The number of aromatic nitrogens is 1. The largest absolute Gasteiger partial charge is 0.361 e. The van der Waals surface area contributed by atoms with Crippen molar-refractivity contribution in [3.63, 3.8) is 0 Å². The number of nitrogens with one attached hydrogen (secondary N) is 2. The number of aromatic amines is 1. The number of hydrogen-bond donors (Lipinski definition) is 2. The number of nitrogens with zero attached hydrogens (tertiary/aromatic N) is 2. The molecule has 1 aromatic heterocycles. The van der Waals surface area contributed by atoms with Crippen molar-refractivity contribution in [2.75, 3.05) is 26.7 Å². The van der Waals surface area contributed by atoms with Gasteiger partial charge < -0.3 is 20.1 Å². The number of carbonyl (C=O) groups excluding carboxylic acids is 2. The Labute approximate surface area is 147 Å². The summed E-state index contributed by atoms with van der Waals surface area (Å²) in [6, 6.07) is 8.24. The number of fused-ring (bicyclic) bond motifs is 2. The first-order chi connectivity index (χ1) is 12.1. The fraction of sp³-hybridized carbons (Fsp3) is 0.474. The van der Waals surface area contributed by atoms with Crippen LogP contribution < -0.4 is 5.32 Å². The number of carbonyl (C=O) groups is 2. The Morgan fingerprint density at radius 1 is 1.36 bits per heavy atom. The van der Waals surface area contributed by atoms with Crippen molar-refractivity contribution in [3.05, 3.63) is 36.0 Å². The molecule has 2 aliphatic rings. The molecule has 132 valence electrons. The van der Waals surface area contributed by atoms with Gasteiger partial charge in [-0.1, -0.05) is 12.1 Å². The Morgan fingerprint density at radius 2 is 2.24 bits per heavy atom. The van der Waals surface area contributed by atoms with Crippen molar-refractivity contribution in [3.8, 4) is 0 Å². The number of H-pyrrole nitrogens is 1. The van der Waals surface area contributed by atoms with Gasteiger partial charge in [-0.15, -0.1) is 0 Å². The van der Waals surface area contributed by atoms with Gasteiger partial charge in [0, 0.05) is 43.8 Å². The van der Waals surface area contributed by atoms with E-state index in [4.69, 9.17) is 0 Å². The van der Waals surface area contributed by atoms with Gasteiger partial charge in [0.05, 0.1) is 12.0 Å². The summed E-state index contributed by atoms with van der Waals surface area (Å²) in [6.45, 7) is 1.99. The second kappa shape index (κ2) is 6.43. The lowest BCUT2D eigenvalue weighted by Crippen LogP contribution is -2.52. The molecule has 0 saturated carbocycles. The molecule has 6 nitrogen and oxygen atoms in total. The quantitative estimate of drug-likeness (QED) is 0.897. The molecular weight excluding hydrogens is 316 g/mol. The molecule has 0 bridgehead atoms. The van der Waals surface area contributed by atoms with Gasteiger partial charge in [0.1, 0.15) is 0 Å². The van der Waals surface area contributed by atoms with E-state index < -0.39 is 0 Å². The fourth-order valence-electron chi connectivity index (χ4n) is 4.25. The molecule has 2 aromatic rings. The SMILES string of the molecule is CN1C[C@@H]2[C@@H](CCCN2C(=O)NCCc2cccc3[nH]ccc23)C1=O. The van der Waals surface area contributed by atoms with E-state index in [1.807, 2.05) is 24.2 Å². The summed E-state index contributed by atoms with van der Waals surface area (Å²) in [6.07, 6.45) is 4.53. The molecule has 3 heterocycles. The zero-order chi connectivity index (χ0) is 17.4. The van der Waals surface area contributed by atoms with Crippen LogP contribution in [0.4, 0.5) is 4.79 Å². The van der Waals surface area contributed by atoms with Gasteiger partial charge in [-0.3, -0.25) is 4.79 Å². The highest BCUT2D eigenvalue weighted by molar-refractivity contribution is 5.84. The van der Waals surface area contributed by atoms with Gasteiger partial charge in [-0.25, -0.2) is 4.79 Å². The molecule has 3 amide bonds. The van der Waals surface area contributed by atoms with E-state index in [1.54, 1.807) is 4.90 Å².